The SMILES string of the molecule is CO[C@@H]1[C@H]2C[C@H](c3c(F)c(F)c(F)c(F)c32)C1(C)C. The second-order valence-electron chi connectivity index (χ2n) is 5.96. The summed E-state index contributed by atoms with van der Waals surface area (Å²) in [6, 6.07) is 0. The molecule has 3 rings (SSSR count). The van der Waals surface area contributed by atoms with Crippen LogP contribution < -0.4 is 0 Å². The second-order valence-corrected chi connectivity index (χ2v) is 5.96. The molecule has 2 bridgehead atoms. The number of fused-ring (bicyclic) bond motifs is 5. The Balaban J connectivity index is 2.30. The van der Waals surface area contributed by atoms with Crippen LogP contribution in [0.25, 0.3) is 0 Å². The number of ether oxygens (including phenoxy) is 1. The highest BCUT2D eigenvalue weighted by molar-refractivity contribution is 5.47. The van der Waals surface area contributed by atoms with Crippen molar-refractivity contribution in [2.24, 2.45) is 5.41 Å². The van der Waals surface area contributed by atoms with Gasteiger partial charge in [0.2, 0.25) is 0 Å². The fourth-order valence-electron chi connectivity index (χ4n) is 3.99. The molecule has 1 aromatic carbocycles. The van der Waals surface area contributed by atoms with Gasteiger partial charge in [-0.2, -0.15) is 0 Å². The Bertz CT molecular complexity index is 567. The maximum Gasteiger partial charge on any atom is 0.197 e. The van der Waals surface area contributed by atoms with Gasteiger partial charge in [0.1, 0.15) is 0 Å². The predicted octanol–water partition coefficient (Wildman–Crippen LogP) is 3.87. The van der Waals surface area contributed by atoms with E-state index in [1.807, 2.05) is 13.8 Å². The molecule has 1 nitrogen and oxygen atoms in total. The predicted molar refractivity (Wildman–Crippen MR) is 61.0 cm³/mol. The number of benzene rings is 1. The van der Waals surface area contributed by atoms with Gasteiger partial charge in [-0.15, -0.1) is 0 Å². The largest absolute Gasteiger partial charge is 0.380 e. The first-order valence-electron chi connectivity index (χ1n) is 6.20. The van der Waals surface area contributed by atoms with Gasteiger partial charge in [0.25, 0.3) is 0 Å². The minimum absolute atomic E-state index is 0.000278. The normalized spacial score (nSPS) is 30.8. The second kappa shape index (κ2) is 3.72. The lowest BCUT2D eigenvalue weighted by molar-refractivity contribution is 0.00636. The van der Waals surface area contributed by atoms with E-state index in [0.29, 0.717) is 6.42 Å². The number of hydrogen-bond donors (Lipinski definition) is 0. The molecule has 0 unspecified atom stereocenters. The number of halogens is 4. The third kappa shape index (κ3) is 1.34. The molecular weight excluding hydrogens is 260 g/mol. The fourth-order valence-corrected chi connectivity index (χ4v) is 3.99. The van der Waals surface area contributed by atoms with E-state index in [-0.39, 0.29) is 23.1 Å². The van der Waals surface area contributed by atoms with Crippen molar-refractivity contribution in [1.29, 1.82) is 0 Å². The lowest BCUT2D eigenvalue weighted by atomic mass is 9.71. The average molecular weight is 274 g/mol. The number of rotatable bonds is 1. The monoisotopic (exact) mass is 274 g/mol. The molecule has 0 amide bonds. The molecule has 1 saturated carbocycles. The Hall–Kier alpha value is -1.10. The van der Waals surface area contributed by atoms with Gasteiger partial charge in [0, 0.05) is 24.2 Å². The fraction of sp³-hybridized carbons (Fsp3) is 0.571. The summed E-state index contributed by atoms with van der Waals surface area (Å²) in [5, 5.41) is 0. The van der Waals surface area contributed by atoms with Crippen molar-refractivity contribution in [3.05, 3.63) is 34.4 Å². The average Bonchev–Trinajstić information content (AvgIpc) is 2.85. The number of hydrogen-bond acceptors (Lipinski definition) is 1. The van der Waals surface area contributed by atoms with Gasteiger partial charge < -0.3 is 4.74 Å². The minimum atomic E-state index is -1.73. The van der Waals surface area contributed by atoms with Crippen LogP contribution in [0, 0.1) is 28.7 Å². The third-order valence-corrected chi connectivity index (χ3v) is 4.80. The summed E-state index contributed by atoms with van der Waals surface area (Å²) in [5.74, 6) is -6.71. The summed E-state index contributed by atoms with van der Waals surface area (Å²) in [7, 11) is 1.50. The Labute approximate surface area is 108 Å². The van der Waals surface area contributed by atoms with Crippen molar-refractivity contribution < 1.29 is 22.3 Å². The van der Waals surface area contributed by atoms with E-state index in [0.717, 1.165) is 0 Å². The highest BCUT2D eigenvalue weighted by Crippen LogP contribution is 2.64. The van der Waals surface area contributed by atoms with E-state index in [1.165, 1.54) is 7.11 Å². The molecule has 0 saturated heterocycles. The molecule has 1 fully saturated rings. The van der Waals surface area contributed by atoms with E-state index in [9.17, 15) is 17.6 Å². The summed E-state index contributed by atoms with van der Waals surface area (Å²) in [4.78, 5) is 0. The molecule has 2 aliphatic carbocycles. The third-order valence-electron chi connectivity index (χ3n) is 4.80. The van der Waals surface area contributed by atoms with Gasteiger partial charge in [-0.3, -0.25) is 0 Å². The van der Waals surface area contributed by atoms with Crippen LogP contribution in [0.2, 0.25) is 0 Å². The zero-order valence-electron chi connectivity index (χ0n) is 10.9. The van der Waals surface area contributed by atoms with Crippen LogP contribution in [0.1, 0.15) is 43.2 Å². The van der Waals surface area contributed by atoms with E-state index >= 15 is 0 Å². The minimum Gasteiger partial charge on any atom is -0.380 e. The molecule has 0 aliphatic heterocycles. The van der Waals surface area contributed by atoms with Gasteiger partial charge in [0.05, 0.1) is 6.10 Å². The maximum atomic E-state index is 14.0. The molecule has 0 N–H and O–H groups in total. The molecule has 0 radical (unpaired) electrons. The van der Waals surface area contributed by atoms with Gasteiger partial charge >= 0.3 is 0 Å². The zero-order chi connectivity index (χ0) is 14.1. The molecular formula is C14H14F4O. The zero-order valence-corrected chi connectivity index (χ0v) is 10.9. The standard InChI is InChI=1S/C14H14F4O/c1-14(2)6-4-5(13(14)19-3)7-8(6)10(16)12(18)11(17)9(7)15/h5-6,13H,4H2,1-3H3/t5-,6+,13+/m0/s1. The summed E-state index contributed by atoms with van der Waals surface area (Å²) in [5.41, 5.74) is -0.462. The summed E-state index contributed by atoms with van der Waals surface area (Å²) in [6.07, 6.45) is 0.154. The Kier molecular flexibility index (Phi) is 2.53. The molecule has 3 atom stereocenters. The van der Waals surface area contributed by atoms with Gasteiger partial charge in [-0.1, -0.05) is 13.8 Å². The van der Waals surface area contributed by atoms with Crippen LogP contribution in [0.3, 0.4) is 0 Å². The van der Waals surface area contributed by atoms with E-state index in [4.69, 9.17) is 4.74 Å². The van der Waals surface area contributed by atoms with Gasteiger partial charge in [0.15, 0.2) is 23.3 Å². The molecule has 19 heavy (non-hydrogen) atoms. The van der Waals surface area contributed by atoms with E-state index in [1.54, 1.807) is 0 Å². The van der Waals surface area contributed by atoms with Crippen LogP contribution in [-0.4, -0.2) is 13.2 Å². The molecule has 0 heterocycles. The quantitative estimate of drug-likeness (QED) is 0.429. The smallest absolute Gasteiger partial charge is 0.197 e. The highest BCUT2D eigenvalue weighted by Gasteiger charge is 2.59. The van der Waals surface area contributed by atoms with Crippen molar-refractivity contribution in [3.63, 3.8) is 0 Å². The van der Waals surface area contributed by atoms with Crippen LogP contribution in [0.5, 0.6) is 0 Å². The van der Waals surface area contributed by atoms with E-state index in [2.05, 4.69) is 0 Å². The summed E-state index contributed by atoms with van der Waals surface area (Å²) in [6.45, 7) is 3.76. The lowest BCUT2D eigenvalue weighted by Gasteiger charge is -2.38. The van der Waals surface area contributed by atoms with Crippen molar-refractivity contribution in [1.82, 2.24) is 0 Å². The van der Waals surface area contributed by atoms with E-state index < -0.39 is 34.6 Å². The van der Waals surface area contributed by atoms with Crippen LogP contribution >= 0.6 is 0 Å². The lowest BCUT2D eigenvalue weighted by Crippen LogP contribution is -2.37. The van der Waals surface area contributed by atoms with Crippen molar-refractivity contribution in [2.45, 2.75) is 38.2 Å². The summed E-state index contributed by atoms with van der Waals surface area (Å²) >= 11 is 0. The van der Waals surface area contributed by atoms with Crippen LogP contribution in [0.4, 0.5) is 17.6 Å². The highest BCUT2D eigenvalue weighted by atomic mass is 19.2. The maximum absolute atomic E-state index is 14.0. The first-order valence-corrected chi connectivity index (χ1v) is 6.20. The molecule has 1 aromatic rings. The van der Waals surface area contributed by atoms with Crippen molar-refractivity contribution in [3.8, 4) is 0 Å². The molecule has 5 heteroatoms. The first kappa shape index (κ1) is 12.9. The van der Waals surface area contributed by atoms with Gasteiger partial charge in [-0.25, -0.2) is 17.6 Å². The Morgan fingerprint density at radius 3 is 2.00 bits per heavy atom. The number of methoxy groups -OCH3 is 1. The molecule has 104 valence electrons. The first-order chi connectivity index (χ1) is 8.82. The Morgan fingerprint density at radius 1 is 0.947 bits per heavy atom. The molecule has 2 aliphatic rings. The molecule has 0 aromatic heterocycles. The van der Waals surface area contributed by atoms with Crippen LogP contribution in [0.15, 0.2) is 0 Å². The summed E-state index contributed by atoms with van der Waals surface area (Å²) < 4.78 is 60.0. The van der Waals surface area contributed by atoms with Gasteiger partial charge in [-0.05, 0) is 17.8 Å². The van der Waals surface area contributed by atoms with Crippen molar-refractivity contribution >= 4 is 0 Å². The topological polar surface area (TPSA) is 9.23 Å². The molecule has 0 spiro atoms. The van der Waals surface area contributed by atoms with Crippen LogP contribution in [-0.2, 0) is 4.74 Å². The Morgan fingerprint density at radius 2 is 1.47 bits per heavy atom. The van der Waals surface area contributed by atoms with Crippen molar-refractivity contribution in [2.75, 3.05) is 7.11 Å².